The number of nitrogens with zero attached hydrogens (tertiary/aromatic N) is 3. The Morgan fingerprint density at radius 2 is 2.03 bits per heavy atom. The van der Waals surface area contributed by atoms with Crippen molar-refractivity contribution in [3.63, 3.8) is 0 Å². The lowest BCUT2D eigenvalue weighted by Crippen LogP contribution is -2.24. The van der Waals surface area contributed by atoms with E-state index in [2.05, 4.69) is 10.3 Å². The maximum Gasteiger partial charge on any atom is 0.293 e. The molecule has 1 heterocycles. The van der Waals surface area contributed by atoms with Gasteiger partial charge in [-0.3, -0.25) is 24.3 Å². The smallest absolute Gasteiger partial charge is 0.293 e. The number of nitrogens with one attached hydrogen (secondary N) is 1. The van der Waals surface area contributed by atoms with Crippen molar-refractivity contribution >= 4 is 39.9 Å². The van der Waals surface area contributed by atoms with Crippen LogP contribution in [0.25, 0.3) is 10.9 Å². The van der Waals surface area contributed by atoms with E-state index in [-0.39, 0.29) is 22.7 Å². The van der Waals surface area contributed by atoms with Crippen molar-refractivity contribution in [1.29, 1.82) is 0 Å². The van der Waals surface area contributed by atoms with E-state index < -0.39 is 10.8 Å². The Labute approximate surface area is 177 Å². The number of amides is 1. The number of fused-ring (bicyclic) bond motifs is 1. The monoisotopic (exact) mass is 426 g/mol. The highest BCUT2D eigenvalue weighted by Gasteiger charge is 2.17. The van der Waals surface area contributed by atoms with Crippen LogP contribution in [0.5, 0.6) is 0 Å². The van der Waals surface area contributed by atoms with Gasteiger partial charge < -0.3 is 5.32 Å². The van der Waals surface area contributed by atoms with Gasteiger partial charge in [0, 0.05) is 12.6 Å². The summed E-state index contributed by atoms with van der Waals surface area (Å²) in [5, 5.41) is 14.8. The molecule has 3 aromatic rings. The van der Waals surface area contributed by atoms with E-state index in [1.807, 2.05) is 13.0 Å². The van der Waals surface area contributed by atoms with Crippen LogP contribution in [0.15, 0.2) is 52.4 Å². The van der Waals surface area contributed by atoms with Crippen molar-refractivity contribution in [2.24, 2.45) is 0 Å². The minimum absolute atomic E-state index is 0.0259. The van der Waals surface area contributed by atoms with Crippen LogP contribution in [-0.2, 0) is 11.3 Å². The first-order chi connectivity index (χ1) is 14.4. The molecule has 0 spiro atoms. The Bertz CT molecular complexity index is 1160. The van der Waals surface area contributed by atoms with Gasteiger partial charge in [-0.25, -0.2) is 4.98 Å². The molecule has 1 N–H and O–H groups in total. The molecule has 9 heteroatoms. The largest absolute Gasteiger partial charge is 0.320 e. The average Bonchev–Trinajstić information content (AvgIpc) is 2.73. The summed E-state index contributed by atoms with van der Waals surface area (Å²) in [5.41, 5.74) is 1.16. The molecule has 0 bridgehead atoms. The van der Waals surface area contributed by atoms with Gasteiger partial charge in [0.1, 0.15) is 5.69 Å². The normalized spacial score (nSPS) is 10.9. The maximum absolute atomic E-state index is 12.9. The number of para-hydroxylation sites is 1. The zero-order valence-corrected chi connectivity index (χ0v) is 17.6. The van der Waals surface area contributed by atoms with E-state index in [0.717, 1.165) is 30.2 Å². The third-order valence-electron chi connectivity index (χ3n) is 4.52. The molecule has 8 nitrogen and oxygen atoms in total. The van der Waals surface area contributed by atoms with Gasteiger partial charge in [0.25, 0.3) is 11.2 Å². The molecule has 156 valence electrons. The number of rotatable bonds is 8. The summed E-state index contributed by atoms with van der Waals surface area (Å²) < 4.78 is 1.60. The predicted molar refractivity (Wildman–Crippen MR) is 118 cm³/mol. The number of nitro benzene ring substituents is 1. The number of carbonyl (C=O) groups excluding carboxylic acids is 1. The van der Waals surface area contributed by atoms with Crippen molar-refractivity contribution in [1.82, 2.24) is 9.55 Å². The number of anilines is 1. The lowest BCUT2D eigenvalue weighted by atomic mass is 10.2. The third kappa shape index (κ3) is 4.85. The van der Waals surface area contributed by atoms with Crippen molar-refractivity contribution in [2.45, 2.75) is 38.4 Å². The Balaban J connectivity index is 1.82. The van der Waals surface area contributed by atoms with Crippen LogP contribution in [0.1, 0.15) is 25.3 Å². The summed E-state index contributed by atoms with van der Waals surface area (Å²) in [6.45, 7) is 4.30. The Morgan fingerprint density at radius 1 is 1.27 bits per heavy atom. The summed E-state index contributed by atoms with van der Waals surface area (Å²) in [5.74, 6) is -0.432. The van der Waals surface area contributed by atoms with Crippen LogP contribution in [0.2, 0.25) is 0 Å². The molecule has 0 fully saturated rings. The molecule has 1 aromatic heterocycles. The highest BCUT2D eigenvalue weighted by atomic mass is 32.2. The highest BCUT2D eigenvalue weighted by molar-refractivity contribution is 7.99. The molecule has 0 aliphatic heterocycles. The molecule has 2 aromatic carbocycles. The number of nitro groups is 1. The minimum atomic E-state index is -0.525. The zero-order valence-electron chi connectivity index (χ0n) is 16.8. The van der Waals surface area contributed by atoms with Crippen molar-refractivity contribution < 1.29 is 9.72 Å². The summed E-state index contributed by atoms with van der Waals surface area (Å²) in [7, 11) is 0. The maximum atomic E-state index is 12.9. The van der Waals surface area contributed by atoms with Crippen molar-refractivity contribution in [2.75, 3.05) is 11.1 Å². The predicted octanol–water partition coefficient (Wildman–Crippen LogP) is 4.14. The van der Waals surface area contributed by atoms with E-state index in [1.54, 1.807) is 35.8 Å². The van der Waals surface area contributed by atoms with Crippen LogP contribution < -0.4 is 10.9 Å². The second-order valence-corrected chi connectivity index (χ2v) is 7.78. The van der Waals surface area contributed by atoms with Gasteiger partial charge in [-0.2, -0.15) is 0 Å². The van der Waals surface area contributed by atoms with E-state index in [1.165, 1.54) is 12.1 Å². The van der Waals surface area contributed by atoms with Crippen LogP contribution in [0.4, 0.5) is 11.4 Å². The number of carbonyl (C=O) groups is 1. The molecule has 30 heavy (non-hydrogen) atoms. The van der Waals surface area contributed by atoms with Crippen LogP contribution in [0.3, 0.4) is 0 Å². The SMILES string of the molecule is CCCCn1c(SCC(=O)Nc2ccc(C)cc2[N+](=O)[O-])nc2ccccc2c1=O. The molecule has 0 aliphatic carbocycles. The van der Waals surface area contributed by atoms with E-state index in [0.29, 0.717) is 22.6 Å². The number of hydrogen-bond acceptors (Lipinski definition) is 6. The number of aromatic nitrogens is 2. The van der Waals surface area contributed by atoms with E-state index in [4.69, 9.17) is 0 Å². The first-order valence-electron chi connectivity index (χ1n) is 9.58. The van der Waals surface area contributed by atoms with Gasteiger partial charge in [-0.05, 0) is 37.1 Å². The molecule has 0 radical (unpaired) electrons. The Morgan fingerprint density at radius 3 is 2.77 bits per heavy atom. The summed E-state index contributed by atoms with van der Waals surface area (Å²) in [4.78, 5) is 40.6. The lowest BCUT2D eigenvalue weighted by Gasteiger charge is -2.13. The molecule has 0 saturated carbocycles. The second-order valence-electron chi connectivity index (χ2n) is 6.84. The highest BCUT2D eigenvalue weighted by Crippen LogP contribution is 2.26. The van der Waals surface area contributed by atoms with Gasteiger partial charge in [-0.15, -0.1) is 0 Å². The van der Waals surface area contributed by atoms with E-state index >= 15 is 0 Å². The molecule has 0 aliphatic rings. The number of aryl methyl sites for hydroxylation is 1. The molecule has 3 rings (SSSR count). The van der Waals surface area contributed by atoms with Gasteiger partial charge >= 0.3 is 0 Å². The van der Waals surface area contributed by atoms with Gasteiger partial charge in [0.05, 0.1) is 21.6 Å². The number of hydrogen-bond donors (Lipinski definition) is 1. The fraction of sp³-hybridized carbons (Fsp3) is 0.286. The number of unbranched alkanes of at least 4 members (excludes halogenated alkanes) is 1. The first-order valence-corrected chi connectivity index (χ1v) is 10.6. The summed E-state index contributed by atoms with van der Waals surface area (Å²) in [6.07, 6.45) is 1.73. The standard InChI is InChI=1S/C21H22N4O4S/c1-3-4-11-24-20(27)15-7-5-6-8-16(15)23-21(24)30-13-19(26)22-17-10-9-14(2)12-18(17)25(28)29/h5-10,12H,3-4,11,13H2,1-2H3,(H,22,26). The van der Waals surface area contributed by atoms with Gasteiger partial charge in [0.2, 0.25) is 5.91 Å². The van der Waals surface area contributed by atoms with E-state index in [9.17, 15) is 19.7 Å². The van der Waals surface area contributed by atoms with Crippen molar-refractivity contribution in [3.05, 3.63) is 68.5 Å². The lowest BCUT2D eigenvalue weighted by molar-refractivity contribution is -0.384. The molecule has 0 atom stereocenters. The van der Waals surface area contributed by atoms with Gasteiger partial charge in [0.15, 0.2) is 5.16 Å². The topological polar surface area (TPSA) is 107 Å². The number of benzene rings is 2. The van der Waals surface area contributed by atoms with Crippen LogP contribution in [0, 0.1) is 17.0 Å². The Hall–Kier alpha value is -3.20. The minimum Gasteiger partial charge on any atom is -0.320 e. The first kappa shape index (κ1) is 21.5. The molecule has 0 saturated heterocycles. The fourth-order valence-electron chi connectivity index (χ4n) is 2.99. The zero-order chi connectivity index (χ0) is 21.7. The summed E-state index contributed by atoms with van der Waals surface area (Å²) >= 11 is 1.14. The molecular formula is C21H22N4O4S. The second kappa shape index (κ2) is 9.53. The van der Waals surface area contributed by atoms with Gasteiger partial charge in [-0.1, -0.05) is 43.3 Å². The Kier molecular flexibility index (Phi) is 6.83. The third-order valence-corrected chi connectivity index (χ3v) is 5.49. The molecule has 0 unspecified atom stereocenters. The quantitative estimate of drug-likeness (QED) is 0.251. The average molecular weight is 426 g/mol. The van der Waals surface area contributed by atoms with Crippen LogP contribution in [-0.4, -0.2) is 26.1 Å². The summed E-state index contributed by atoms with van der Waals surface area (Å²) in [6, 6.07) is 11.7. The molecule has 1 amide bonds. The number of thioether (sulfide) groups is 1. The van der Waals surface area contributed by atoms with Crippen molar-refractivity contribution in [3.8, 4) is 0 Å². The molecular weight excluding hydrogens is 404 g/mol. The van der Waals surface area contributed by atoms with Crippen LogP contribution >= 0.6 is 11.8 Å². The fourth-order valence-corrected chi connectivity index (χ4v) is 3.81.